The SMILES string of the molecule is Cn1c(CC(C)(O)CC2CCCCN2)nc2ccccc21. The van der Waals surface area contributed by atoms with E-state index < -0.39 is 5.60 Å². The first kappa shape index (κ1) is 14.5. The van der Waals surface area contributed by atoms with E-state index >= 15 is 0 Å². The van der Waals surface area contributed by atoms with Crippen LogP contribution in [-0.2, 0) is 13.5 Å². The van der Waals surface area contributed by atoms with Crippen LogP contribution >= 0.6 is 0 Å². The van der Waals surface area contributed by atoms with Crippen LogP contribution in [0.1, 0.15) is 38.4 Å². The highest BCUT2D eigenvalue weighted by atomic mass is 16.3. The van der Waals surface area contributed by atoms with Crippen LogP contribution in [0.25, 0.3) is 11.0 Å². The summed E-state index contributed by atoms with van der Waals surface area (Å²) < 4.78 is 2.10. The van der Waals surface area contributed by atoms with Crippen molar-refractivity contribution in [3.63, 3.8) is 0 Å². The summed E-state index contributed by atoms with van der Waals surface area (Å²) in [6.07, 6.45) is 5.06. The second kappa shape index (κ2) is 5.78. The second-order valence-electron chi connectivity index (χ2n) is 6.60. The van der Waals surface area contributed by atoms with Gasteiger partial charge in [-0.25, -0.2) is 4.98 Å². The number of hydrogen-bond donors (Lipinski definition) is 2. The number of fused-ring (bicyclic) bond motifs is 1. The third-order valence-corrected chi connectivity index (χ3v) is 4.52. The van der Waals surface area contributed by atoms with Crippen molar-refractivity contribution in [1.82, 2.24) is 14.9 Å². The van der Waals surface area contributed by atoms with Crippen molar-refractivity contribution in [2.75, 3.05) is 6.54 Å². The molecule has 1 aromatic carbocycles. The predicted octanol–water partition coefficient (Wildman–Crippen LogP) is 2.40. The van der Waals surface area contributed by atoms with Crippen LogP contribution in [0.4, 0.5) is 0 Å². The lowest BCUT2D eigenvalue weighted by molar-refractivity contribution is 0.0348. The minimum Gasteiger partial charge on any atom is -0.390 e. The molecule has 1 aliphatic rings. The van der Waals surface area contributed by atoms with Gasteiger partial charge in [0, 0.05) is 19.5 Å². The van der Waals surface area contributed by atoms with Gasteiger partial charge in [0.05, 0.1) is 16.6 Å². The number of nitrogens with one attached hydrogen (secondary N) is 1. The van der Waals surface area contributed by atoms with Crippen LogP contribution in [0.3, 0.4) is 0 Å². The van der Waals surface area contributed by atoms with Crippen molar-refractivity contribution in [2.24, 2.45) is 7.05 Å². The summed E-state index contributed by atoms with van der Waals surface area (Å²) in [5.41, 5.74) is 1.41. The van der Waals surface area contributed by atoms with Gasteiger partial charge in [-0.05, 0) is 44.9 Å². The summed E-state index contributed by atoms with van der Waals surface area (Å²) in [7, 11) is 2.03. The molecule has 0 amide bonds. The van der Waals surface area contributed by atoms with Gasteiger partial charge in [-0.15, -0.1) is 0 Å². The van der Waals surface area contributed by atoms with Gasteiger partial charge in [0.15, 0.2) is 0 Å². The van der Waals surface area contributed by atoms with E-state index in [4.69, 9.17) is 0 Å². The normalized spacial score (nSPS) is 22.3. The van der Waals surface area contributed by atoms with Gasteiger partial charge in [-0.1, -0.05) is 18.6 Å². The van der Waals surface area contributed by atoms with Crippen molar-refractivity contribution in [1.29, 1.82) is 0 Å². The van der Waals surface area contributed by atoms with E-state index in [1.54, 1.807) is 0 Å². The Hall–Kier alpha value is -1.39. The van der Waals surface area contributed by atoms with Crippen molar-refractivity contribution in [3.8, 4) is 0 Å². The first-order valence-electron chi connectivity index (χ1n) is 7.91. The lowest BCUT2D eigenvalue weighted by Crippen LogP contribution is -2.42. The molecular formula is C17H25N3O. The van der Waals surface area contributed by atoms with Gasteiger partial charge in [0.2, 0.25) is 0 Å². The molecular weight excluding hydrogens is 262 g/mol. The van der Waals surface area contributed by atoms with Gasteiger partial charge in [0.25, 0.3) is 0 Å². The van der Waals surface area contributed by atoms with E-state index in [1.807, 2.05) is 32.2 Å². The summed E-state index contributed by atoms with van der Waals surface area (Å²) in [4.78, 5) is 4.67. The Morgan fingerprint density at radius 2 is 2.19 bits per heavy atom. The average molecular weight is 287 g/mol. The Morgan fingerprint density at radius 1 is 1.38 bits per heavy atom. The van der Waals surface area contributed by atoms with Crippen molar-refractivity contribution in [2.45, 2.75) is 50.7 Å². The molecule has 114 valence electrons. The molecule has 2 N–H and O–H groups in total. The summed E-state index contributed by atoms with van der Waals surface area (Å²) in [6.45, 7) is 3.01. The Kier molecular flexibility index (Phi) is 4.00. The Balaban J connectivity index is 1.75. The Bertz CT molecular complexity index is 612. The minimum atomic E-state index is -0.718. The zero-order chi connectivity index (χ0) is 14.9. The molecule has 4 heteroatoms. The first-order chi connectivity index (χ1) is 10.1. The van der Waals surface area contributed by atoms with Crippen LogP contribution in [0.5, 0.6) is 0 Å². The molecule has 1 fully saturated rings. The largest absolute Gasteiger partial charge is 0.390 e. The van der Waals surface area contributed by atoms with Crippen molar-refractivity contribution in [3.05, 3.63) is 30.1 Å². The molecule has 1 aliphatic heterocycles. The third kappa shape index (κ3) is 3.27. The quantitative estimate of drug-likeness (QED) is 0.908. The van der Waals surface area contributed by atoms with Crippen LogP contribution in [-0.4, -0.2) is 32.8 Å². The van der Waals surface area contributed by atoms with Gasteiger partial charge in [0.1, 0.15) is 5.82 Å². The molecule has 21 heavy (non-hydrogen) atoms. The molecule has 0 aliphatic carbocycles. The van der Waals surface area contributed by atoms with E-state index in [9.17, 15) is 5.11 Å². The van der Waals surface area contributed by atoms with E-state index in [0.29, 0.717) is 12.5 Å². The summed E-state index contributed by atoms with van der Waals surface area (Å²) >= 11 is 0. The molecule has 2 atom stereocenters. The molecule has 2 heterocycles. The maximum atomic E-state index is 10.8. The average Bonchev–Trinajstić information content (AvgIpc) is 2.76. The topological polar surface area (TPSA) is 50.1 Å². The monoisotopic (exact) mass is 287 g/mol. The zero-order valence-corrected chi connectivity index (χ0v) is 13.0. The molecule has 0 saturated carbocycles. The Labute approximate surface area is 126 Å². The van der Waals surface area contributed by atoms with Crippen LogP contribution in [0, 0.1) is 0 Å². The van der Waals surface area contributed by atoms with Gasteiger partial charge >= 0.3 is 0 Å². The smallest absolute Gasteiger partial charge is 0.112 e. The molecule has 3 rings (SSSR count). The highest BCUT2D eigenvalue weighted by molar-refractivity contribution is 5.75. The van der Waals surface area contributed by atoms with Crippen molar-refractivity contribution >= 4 is 11.0 Å². The number of rotatable bonds is 4. The Morgan fingerprint density at radius 3 is 2.90 bits per heavy atom. The standard InChI is InChI=1S/C17H25N3O/c1-17(21,11-13-7-5-6-10-18-13)12-16-19-14-8-3-4-9-15(14)20(16)2/h3-4,8-9,13,18,21H,5-7,10-12H2,1-2H3. The molecule has 0 bridgehead atoms. The maximum absolute atomic E-state index is 10.8. The van der Waals surface area contributed by atoms with Crippen molar-refractivity contribution < 1.29 is 5.11 Å². The number of nitrogens with zero attached hydrogens (tertiary/aromatic N) is 2. The lowest BCUT2D eigenvalue weighted by Gasteiger charge is -2.31. The third-order valence-electron chi connectivity index (χ3n) is 4.52. The fourth-order valence-corrected chi connectivity index (χ4v) is 3.40. The minimum absolute atomic E-state index is 0.434. The first-order valence-corrected chi connectivity index (χ1v) is 7.91. The van der Waals surface area contributed by atoms with Gasteiger partial charge in [-0.2, -0.15) is 0 Å². The fourth-order valence-electron chi connectivity index (χ4n) is 3.40. The van der Waals surface area contributed by atoms with E-state index in [0.717, 1.165) is 29.8 Å². The molecule has 0 radical (unpaired) electrons. The highest BCUT2D eigenvalue weighted by Crippen LogP contribution is 2.24. The number of hydrogen-bond acceptors (Lipinski definition) is 3. The predicted molar refractivity (Wildman–Crippen MR) is 85.3 cm³/mol. The van der Waals surface area contributed by atoms with E-state index in [-0.39, 0.29) is 0 Å². The number of para-hydroxylation sites is 2. The van der Waals surface area contributed by atoms with E-state index in [1.165, 1.54) is 19.3 Å². The highest BCUT2D eigenvalue weighted by Gasteiger charge is 2.28. The molecule has 1 aromatic heterocycles. The van der Waals surface area contributed by atoms with Crippen LogP contribution in [0.2, 0.25) is 0 Å². The number of aromatic nitrogens is 2. The van der Waals surface area contributed by atoms with E-state index in [2.05, 4.69) is 20.9 Å². The molecule has 2 unspecified atom stereocenters. The number of aryl methyl sites for hydroxylation is 1. The van der Waals surface area contributed by atoms with Gasteiger partial charge in [-0.3, -0.25) is 0 Å². The number of aliphatic hydroxyl groups is 1. The van der Waals surface area contributed by atoms with Crippen LogP contribution in [0.15, 0.2) is 24.3 Å². The summed E-state index contributed by atoms with van der Waals surface area (Å²) in [5, 5.41) is 14.3. The molecule has 1 saturated heterocycles. The second-order valence-corrected chi connectivity index (χ2v) is 6.60. The zero-order valence-electron chi connectivity index (χ0n) is 13.0. The number of piperidine rings is 1. The maximum Gasteiger partial charge on any atom is 0.112 e. The van der Waals surface area contributed by atoms with Gasteiger partial charge < -0.3 is 15.0 Å². The fraction of sp³-hybridized carbons (Fsp3) is 0.588. The molecule has 0 spiro atoms. The molecule has 2 aromatic rings. The number of imidazole rings is 1. The lowest BCUT2D eigenvalue weighted by atomic mass is 9.89. The summed E-state index contributed by atoms with van der Waals surface area (Å²) in [6, 6.07) is 8.56. The molecule has 4 nitrogen and oxygen atoms in total. The summed E-state index contributed by atoms with van der Waals surface area (Å²) in [5.74, 6) is 0.956. The van der Waals surface area contributed by atoms with Crippen LogP contribution < -0.4 is 5.32 Å². The number of benzene rings is 1.